The van der Waals surface area contributed by atoms with Crippen LogP contribution in [0.15, 0.2) is 22.6 Å². The SMILES string of the molecule is C=CC(=O)C1(N=C=O)CC(C)(C)CC(C)(CN=C=O)C1. The van der Waals surface area contributed by atoms with Gasteiger partial charge in [-0.1, -0.05) is 27.4 Å². The van der Waals surface area contributed by atoms with Crippen molar-refractivity contribution in [3.05, 3.63) is 12.7 Å². The number of hydrogen-bond donors (Lipinski definition) is 0. The number of carbonyl (C=O) groups excluding carboxylic acids is 3. The molecule has 2 atom stereocenters. The zero-order valence-corrected chi connectivity index (χ0v) is 12.2. The third-order valence-electron chi connectivity index (χ3n) is 3.82. The molecule has 0 bridgehead atoms. The molecule has 20 heavy (non-hydrogen) atoms. The fourth-order valence-electron chi connectivity index (χ4n) is 3.76. The number of hydrogen-bond acceptors (Lipinski definition) is 5. The van der Waals surface area contributed by atoms with Gasteiger partial charge in [-0.15, -0.1) is 0 Å². The standard InChI is InChI=1S/C15H20N2O3/c1-5-12(20)15(17-11-19)7-13(2,3)6-14(4,8-15)9-16-10-18/h5H,1,6-9H2,2-4H3. The van der Waals surface area contributed by atoms with Gasteiger partial charge in [-0.3, -0.25) is 4.79 Å². The van der Waals surface area contributed by atoms with E-state index < -0.39 is 11.0 Å². The van der Waals surface area contributed by atoms with Crippen LogP contribution in [0.1, 0.15) is 40.0 Å². The number of rotatable bonds is 5. The van der Waals surface area contributed by atoms with Crippen molar-refractivity contribution in [3.63, 3.8) is 0 Å². The van der Waals surface area contributed by atoms with Crippen molar-refractivity contribution in [1.29, 1.82) is 0 Å². The van der Waals surface area contributed by atoms with Gasteiger partial charge < -0.3 is 0 Å². The van der Waals surface area contributed by atoms with E-state index in [2.05, 4.69) is 16.6 Å². The summed E-state index contributed by atoms with van der Waals surface area (Å²) in [5.74, 6) is -0.282. The largest absolute Gasteiger partial charge is 0.292 e. The lowest BCUT2D eigenvalue weighted by Crippen LogP contribution is -2.51. The predicted octanol–water partition coefficient (Wildman–Crippen LogP) is 2.37. The minimum absolute atomic E-state index is 0.204. The Bertz CT molecular complexity index is 513. The van der Waals surface area contributed by atoms with E-state index >= 15 is 0 Å². The van der Waals surface area contributed by atoms with Crippen LogP contribution in [-0.2, 0) is 14.4 Å². The van der Waals surface area contributed by atoms with Crippen molar-refractivity contribution in [2.24, 2.45) is 20.8 Å². The summed E-state index contributed by atoms with van der Waals surface area (Å²) >= 11 is 0. The minimum atomic E-state index is -1.14. The molecule has 0 aromatic carbocycles. The molecule has 0 heterocycles. The van der Waals surface area contributed by atoms with Crippen LogP contribution in [0.4, 0.5) is 0 Å². The lowest BCUT2D eigenvalue weighted by atomic mass is 9.57. The van der Waals surface area contributed by atoms with E-state index in [0.717, 1.165) is 6.42 Å². The summed E-state index contributed by atoms with van der Waals surface area (Å²) in [5, 5.41) is 0. The fraction of sp³-hybridized carbons (Fsp3) is 0.667. The molecule has 0 aromatic heterocycles. The van der Waals surface area contributed by atoms with Crippen molar-refractivity contribution in [3.8, 4) is 0 Å². The average Bonchev–Trinajstić information content (AvgIpc) is 2.33. The zero-order valence-electron chi connectivity index (χ0n) is 12.2. The van der Waals surface area contributed by atoms with E-state index in [1.165, 1.54) is 18.2 Å². The number of ketones is 1. The van der Waals surface area contributed by atoms with Gasteiger partial charge >= 0.3 is 0 Å². The summed E-state index contributed by atoms with van der Waals surface area (Å²) in [6, 6.07) is 0. The first-order chi connectivity index (χ1) is 9.22. The molecule has 0 saturated heterocycles. The third kappa shape index (κ3) is 3.38. The van der Waals surface area contributed by atoms with Gasteiger partial charge in [-0.25, -0.2) is 14.6 Å². The highest BCUT2D eigenvalue weighted by molar-refractivity contribution is 5.98. The van der Waals surface area contributed by atoms with Crippen molar-refractivity contribution >= 4 is 17.9 Å². The van der Waals surface area contributed by atoms with Crippen molar-refractivity contribution in [2.45, 2.75) is 45.6 Å². The summed E-state index contributed by atoms with van der Waals surface area (Å²) in [7, 11) is 0. The van der Waals surface area contributed by atoms with Crippen LogP contribution < -0.4 is 0 Å². The highest BCUT2D eigenvalue weighted by atomic mass is 16.1. The Kier molecular flexibility index (Phi) is 4.59. The van der Waals surface area contributed by atoms with Gasteiger partial charge in [0.05, 0.1) is 6.54 Å². The van der Waals surface area contributed by atoms with Gasteiger partial charge in [-0.05, 0) is 36.2 Å². The summed E-state index contributed by atoms with van der Waals surface area (Å²) in [4.78, 5) is 40.8. The van der Waals surface area contributed by atoms with Crippen LogP contribution in [0.5, 0.6) is 0 Å². The van der Waals surface area contributed by atoms with Crippen LogP contribution >= 0.6 is 0 Å². The van der Waals surface area contributed by atoms with E-state index in [9.17, 15) is 14.4 Å². The summed E-state index contributed by atoms with van der Waals surface area (Å²) in [6.45, 7) is 9.73. The van der Waals surface area contributed by atoms with Crippen LogP contribution in [0.25, 0.3) is 0 Å². The second kappa shape index (κ2) is 5.66. The summed E-state index contributed by atoms with van der Waals surface area (Å²) in [6.07, 6.45) is 5.85. The topological polar surface area (TPSA) is 75.9 Å². The van der Waals surface area contributed by atoms with E-state index in [4.69, 9.17) is 0 Å². The van der Waals surface area contributed by atoms with E-state index in [0.29, 0.717) is 12.8 Å². The number of aliphatic imine (C=N–C) groups is 2. The predicted molar refractivity (Wildman–Crippen MR) is 74.8 cm³/mol. The molecule has 1 rings (SSSR count). The highest BCUT2D eigenvalue weighted by Crippen LogP contribution is 2.52. The first kappa shape index (κ1) is 16.2. The Hall–Kier alpha value is -1.83. The van der Waals surface area contributed by atoms with Crippen LogP contribution in [0.3, 0.4) is 0 Å². The quantitative estimate of drug-likeness (QED) is 0.439. The van der Waals surface area contributed by atoms with E-state index in [1.54, 1.807) is 0 Å². The molecule has 0 aliphatic heterocycles. The van der Waals surface area contributed by atoms with Crippen LogP contribution in [-0.4, -0.2) is 30.0 Å². The fourth-order valence-corrected chi connectivity index (χ4v) is 3.76. The van der Waals surface area contributed by atoms with Crippen molar-refractivity contribution < 1.29 is 14.4 Å². The zero-order chi connectivity index (χ0) is 15.4. The Labute approximate surface area is 118 Å². The van der Waals surface area contributed by atoms with E-state index in [1.807, 2.05) is 20.8 Å². The maximum atomic E-state index is 12.2. The molecular formula is C15H20N2O3. The molecule has 0 amide bonds. The normalized spacial score (nSPS) is 31.6. The molecule has 2 unspecified atom stereocenters. The maximum Gasteiger partial charge on any atom is 0.235 e. The molecule has 0 N–H and O–H groups in total. The molecule has 1 saturated carbocycles. The van der Waals surface area contributed by atoms with Gasteiger partial charge in [0.2, 0.25) is 12.2 Å². The third-order valence-corrected chi connectivity index (χ3v) is 3.82. The van der Waals surface area contributed by atoms with Crippen molar-refractivity contribution in [2.75, 3.05) is 6.54 Å². The first-order valence-corrected chi connectivity index (χ1v) is 6.52. The molecule has 108 valence electrons. The number of carbonyl (C=O) groups is 1. The minimum Gasteiger partial charge on any atom is -0.292 e. The smallest absolute Gasteiger partial charge is 0.235 e. The number of isocyanates is 2. The molecule has 0 radical (unpaired) electrons. The lowest BCUT2D eigenvalue weighted by molar-refractivity contribution is -0.124. The van der Waals surface area contributed by atoms with Crippen LogP contribution in [0, 0.1) is 10.8 Å². The molecule has 5 heteroatoms. The van der Waals surface area contributed by atoms with Crippen LogP contribution in [0.2, 0.25) is 0 Å². The molecular weight excluding hydrogens is 256 g/mol. The second-order valence-electron chi connectivity index (χ2n) is 6.72. The van der Waals surface area contributed by atoms with Crippen molar-refractivity contribution in [1.82, 2.24) is 0 Å². The van der Waals surface area contributed by atoms with Gasteiger partial charge in [-0.2, -0.15) is 4.99 Å². The summed E-state index contributed by atoms with van der Waals surface area (Å²) in [5.41, 5.74) is -1.74. The molecule has 1 fully saturated rings. The second-order valence-corrected chi connectivity index (χ2v) is 6.72. The molecule has 0 spiro atoms. The monoisotopic (exact) mass is 276 g/mol. The first-order valence-electron chi connectivity index (χ1n) is 6.52. The molecule has 1 aliphatic carbocycles. The van der Waals surface area contributed by atoms with Gasteiger partial charge in [0, 0.05) is 0 Å². The van der Waals surface area contributed by atoms with Gasteiger partial charge in [0.1, 0.15) is 5.54 Å². The Morgan fingerprint density at radius 3 is 2.35 bits per heavy atom. The highest BCUT2D eigenvalue weighted by Gasteiger charge is 2.52. The average molecular weight is 276 g/mol. The summed E-state index contributed by atoms with van der Waals surface area (Å²) < 4.78 is 0. The molecule has 1 aliphatic rings. The van der Waals surface area contributed by atoms with E-state index in [-0.39, 0.29) is 17.7 Å². The molecule has 5 nitrogen and oxygen atoms in total. The molecule has 0 aromatic rings. The number of nitrogens with zero attached hydrogens (tertiary/aromatic N) is 2. The lowest BCUT2D eigenvalue weighted by Gasteiger charge is -2.49. The van der Waals surface area contributed by atoms with Gasteiger partial charge in [0.15, 0.2) is 5.78 Å². The maximum absolute atomic E-state index is 12.2. The Morgan fingerprint density at radius 2 is 1.85 bits per heavy atom. The Balaban J connectivity index is 3.30. The Morgan fingerprint density at radius 1 is 1.20 bits per heavy atom. The van der Waals surface area contributed by atoms with Gasteiger partial charge in [0.25, 0.3) is 0 Å².